The summed E-state index contributed by atoms with van der Waals surface area (Å²) in [6, 6.07) is 9.61. The van der Waals surface area contributed by atoms with Gasteiger partial charge in [-0.2, -0.15) is 4.98 Å². The van der Waals surface area contributed by atoms with Gasteiger partial charge in [-0.25, -0.2) is 14.3 Å². The number of fused-ring (bicyclic) bond motifs is 2. The van der Waals surface area contributed by atoms with Crippen LogP contribution in [0.3, 0.4) is 0 Å². The van der Waals surface area contributed by atoms with E-state index in [0.717, 1.165) is 29.1 Å². The van der Waals surface area contributed by atoms with Gasteiger partial charge in [-0.3, -0.25) is 4.79 Å². The van der Waals surface area contributed by atoms with Crippen molar-refractivity contribution in [2.24, 2.45) is 0 Å². The minimum Gasteiger partial charge on any atom is -0.450 e. The van der Waals surface area contributed by atoms with Crippen molar-refractivity contribution in [3.05, 3.63) is 53.1 Å². The maximum Gasteiger partial charge on any atom is 0.378 e. The number of rotatable bonds is 3. The van der Waals surface area contributed by atoms with E-state index in [4.69, 9.17) is 4.74 Å². The SMILES string of the molecule is Cc1cc(C)n2nc(C(=O)OCC(=O)N3c4ccccc4C[C@H]3C)nc2n1. The molecule has 27 heavy (non-hydrogen) atoms. The van der Waals surface area contributed by atoms with Gasteiger partial charge in [0.2, 0.25) is 0 Å². The standard InChI is InChI=1S/C19H19N5O3/c1-11-8-13(3)24-19(20-11)21-17(22-24)18(26)27-10-16(25)23-12(2)9-14-6-4-5-7-15(14)23/h4-8,12H,9-10H2,1-3H3/t12-/m1/s1. The lowest BCUT2D eigenvalue weighted by atomic mass is 10.1. The predicted octanol–water partition coefficient (Wildman–Crippen LogP) is 1.88. The van der Waals surface area contributed by atoms with Crippen molar-refractivity contribution in [2.75, 3.05) is 11.5 Å². The fraction of sp³-hybridized carbons (Fsp3) is 0.316. The van der Waals surface area contributed by atoms with Gasteiger partial charge in [0.15, 0.2) is 6.61 Å². The Balaban J connectivity index is 1.48. The predicted molar refractivity (Wildman–Crippen MR) is 97.6 cm³/mol. The molecule has 1 amide bonds. The first-order chi connectivity index (χ1) is 12.9. The number of benzene rings is 1. The molecule has 4 rings (SSSR count). The molecular weight excluding hydrogens is 346 g/mol. The molecule has 3 aromatic rings. The fourth-order valence-electron chi connectivity index (χ4n) is 3.46. The van der Waals surface area contributed by atoms with Gasteiger partial charge in [0.05, 0.1) is 0 Å². The first kappa shape index (κ1) is 17.1. The molecule has 0 bridgehead atoms. The molecular formula is C19H19N5O3. The molecule has 0 N–H and O–H groups in total. The van der Waals surface area contributed by atoms with E-state index < -0.39 is 5.97 Å². The minimum atomic E-state index is -0.744. The molecule has 8 heteroatoms. The molecule has 0 saturated carbocycles. The van der Waals surface area contributed by atoms with Gasteiger partial charge in [0.25, 0.3) is 17.5 Å². The van der Waals surface area contributed by atoms with Crippen LogP contribution < -0.4 is 4.90 Å². The van der Waals surface area contributed by atoms with Crippen LogP contribution in [0.5, 0.6) is 0 Å². The van der Waals surface area contributed by atoms with Crippen molar-refractivity contribution in [3.8, 4) is 0 Å². The smallest absolute Gasteiger partial charge is 0.378 e. The number of nitrogens with zero attached hydrogens (tertiary/aromatic N) is 5. The number of ether oxygens (including phenoxy) is 1. The molecule has 1 atom stereocenters. The maximum absolute atomic E-state index is 12.6. The summed E-state index contributed by atoms with van der Waals surface area (Å²) in [6.45, 7) is 5.30. The van der Waals surface area contributed by atoms with Gasteiger partial charge in [-0.15, -0.1) is 5.10 Å². The summed E-state index contributed by atoms with van der Waals surface area (Å²) in [7, 11) is 0. The number of carbonyl (C=O) groups is 2. The van der Waals surface area contributed by atoms with E-state index in [1.165, 1.54) is 4.52 Å². The third-order valence-electron chi connectivity index (χ3n) is 4.60. The molecule has 0 fully saturated rings. The second kappa shape index (κ2) is 6.46. The highest BCUT2D eigenvalue weighted by molar-refractivity contribution is 5.98. The lowest BCUT2D eigenvalue weighted by Gasteiger charge is -2.22. The summed E-state index contributed by atoms with van der Waals surface area (Å²) >= 11 is 0. The Morgan fingerprint density at radius 3 is 2.81 bits per heavy atom. The third kappa shape index (κ3) is 3.03. The second-order valence-electron chi connectivity index (χ2n) is 6.71. The molecule has 2 aromatic heterocycles. The Bertz CT molecular complexity index is 1060. The van der Waals surface area contributed by atoms with Crippen LogP contribution in [0.25, 0.3) is 5.78 Å². The van der Waals surface area contributed by atoms with Gasteiger partial charge in [-0.05, 0) is 44.9 Å². The van der Waals surface area contributed by atoms with Gasteiger partial charge >= 0.3 is 5.97 Å². The average molecular weight is 365 g/mol. The fourth-order valence-corrected chi connectivity index (χ4v) is 3.46. The summed E-state index contributed by atoms with van der Waals surface area (Å²) in [5, 5.41) is 4.12. The van der Waals surface area contributed by atoms with Crippen LogP contribution >= 0.6 is 0 Å². The molecule has 1 aliphatic rings. The molecule has 0 radical (unpaired) electrons. The van der Waals surface area contributed by atoms with Crippen LogP contribution in [0, 0.1) is 13.8 Å². The van der Waals surface area contributed by atoms with E-state index in [9.17, 15) is 9.59 Å². The van der Waals surface area contributed by atoms with Gasteiger partial charge in [-0.1, -0.05) is 18.2 Å². The highest BCUT2D eigenvalue weighted by atomic mass is 16.5. The van der Waals surface area contributed by atoms with Gasteiger partial charge in [0, 0.05) is 23.1 Å². The zero-order chi connectivity index (χ0) is 19.1. The number of anilines is 1. The van der Waals surface area contributed by atoms with E-state index >= 15 is 0 Å². The Labute approximate surface area is 155 Å². The summed E-state index contributed by atoms with van der Waals surface area (Å²) in [4.78, 5) is 34.9. The van der Waals surface area contributed by atoms with Crippen molar-refractivity contribution in [1.29, 1.82) is 0 Å². The molecule has 0 unspecified atom stereocenters. The van der Waals surface area contributed by atoms with E-state index in [0.29, 0.717) is 5.78 Å². The lowest BCUT2D eigenvalue weighted by Crippen LogP contribution is -2.38. The number of amides is 1. The average Bonchev–Trinajstić information content (AvgIpc) is 3.19. The number of aromatic nitrogens is 4. The quantitative estimate of drug-likeness (QED) is 0.658. The van der Waals surface area contributed by atoms with Crippen molar-refractivity contribution < 1.29 is 14.3 Å². The van der Waals surface area contributed by atoms with Crippen LogP contribution in [0.4, 0.5) is 5.69 Å². The number of hydrogen-bond donors (Lipinski definition) is 0. The highest BCUT2D eigenvalue weighted by Gasteiger charge is 2.31. The number of carbonyl (C=O) groups excluding carboxylic acids is 2. The van der Waals surface area contributed by atoms with Crippen molar-refractivity contribution in [3.63, 3.8) is 0 Å². The normalized spacial score (nSPS) is 15.8. The lowest BCUT2D eigenvalue weighted by molar-refractivity contribution is -0.122. The number of esters is 1. The van der Waals surface area contributed by atoms with Crippen LogP contribution in [0.1, 0.15) is 34.5 Å². The largest absolute Gasteiger partial charge is 0.450 e. The summed E-state index contributed by atoms with van der Waals surface area (Å²) in [5.41, 5.74) is 3.57. The Kier molecular flexibility index (Phi) is 4.10. The first-order valence-corrected chi connectivity index (χ1v) is 8.72. The van der Waals surface area contributed by atoms with E-state index in [2.05, 4.69) is 15.1 Å². The zero-order valence-corrected chi connectivity index (χ0v) is 15.3. The zero-order valence-electron chi connectivity index (χ0n) is 15.3. The van der Waals surface area contributed by atoms with Crippen LogP contribution in [-0.4, -0.2) is 44.1 Å². The van der Waals surface area contributed by atoms with Crippen molar-refractivity contribution in [1.82, 2.24) is 19.6 Å². The molecule has 8 nitrogen and oxygen atoms in total. The van der Waals surface area contributed by atoms with Crippen LogP contribution in [0.2, 0.25) is 0 Å². The van der Waals surface area contributed by atoms with Crippen molar-refractivity contribution in [2.45, 2.75) is 33.2 Å². The first-order valence-electron chi connectivity index (χ1n) is 8.72. The van der Waals surface area contributed by atoms with Gasteiger partial charge < -0.3 is 9.64 Å². The topological polar surface area (TPSA) is 89.7 Å². The summed E-state index contributed by atoms with van der Waals surface area (Å²) < 4.78 is 6.65. The number of hydrogen-bond acceptors (Lipinski definition) is 6. The molecule has 1 aliphatic heterocycles. The Morgan fingerprint density at radius 2 is 2.00 bits per heavy atom. The summed E-state index contributed by atoms with van der Waals surface area (Å²) in [5.74, 6) is -0.799. The minimum absolute atomic E-state index is 0.0248. The molecule has 138 valence electrons. The number of aryl methyl sites for hydroxylation is 2. The Hall–Kier alpha value is -3.29. The maximum atomic E-state index is 12.6. The Morgan fingerprint density at radius 1 is 1.22 bits per heavy atom. The number of para-hydroxylation sites is 1. The van der Waals surface area contributed by atoms with E-state index in [1.54, 1.807) is 4.90 Å². The highest BCUT2D eigenvalue weighted by Crippen LogP contribution is 2.31. The van der Waals surface area contributed by atoms with E-state index in [-0.39, 0.29) is 24.4 Å². The van der Waals surface area contributed by atoms with E-state index in [1.807, 2.05) is 51.1 Å². The van der Waals surface area contributed by atoms with Crippen LogP contribution in [-0.2, 0) is 16.0 Å². The second-order valence-corrected chi connectivity index (χ2v) is 6.71. The van der Waals surface area contributed by atoms with Crippen molar-refractivity contribution >= 4 is 23.3 Å². The molecule has 0 aliphatic carbocycles. The van der Waals surface area contributed by atoms with Gasteiger partial charge in [0.1, 0.15) is 0 Å². The monoisotopic (exact) mass is 365 g/mol. The summed E-state index contributed by atoms with van der Waals surface area (Å²) in [6.07, 6.45) is 0.786. The van der Waals surface area contributed by atoms with Crippen LogP contribution in [0.15, 0.2) is 30.3 Å². The molecule has 1 aromatic carbocycles. The third-order valence-corrected chi connectivity index (χ3v) is 4.60. The molecule has 3 heterocycles. The molecule has 0 spiro atoms. The molecule has 0 saturated heterocycles.